The van der Waals surface area contributed by atoms with E-state index in [0.717, 1.165) is 69.8 Å². The number of nitrogens with one attached hydrogen (secondary N) is 3. The van der Waals surface area contributed by atoms with Crippen LogP contribution in [-0.2, 0) is 43.3 Å². The Morgan fingerprint density at radius 3 is 1.44 bits per heavy atom. The molecule has 4 aromatic heterocycles. The number of benzene rings is 8. The molecule has 4 unspecified atom stereocenters. The molecule has 0 aliphatic carbocycles. The van der Waals surface area contributed by atoms with Gasteiger partial charge in [-0.1, -0.05) is 167 Å². The minimum Gasteiger partial charge on any atom is -0.458 e. The van der Waals surface area contributed by atoms with Crippen LogP contribution in [-0.4, -0.2) is 133 Å². The Kier molecular flexibility index (Phi) is 35.8. The van der Waals surface area contributed by atoms with Crippen molar-refractivity contribution in [1.29, 1.82) is 0 Å². The number of carbonyl (C=O) groups is 6. The fourth-order valence-corrected chi connectivity index (χ4v) is 15.2. The average Bonchev–Trinajstić information content (AvgIpc) is 1.59. The first-order valence-electron chi connectivity index (χ1n) is 36.3. The normalized spacial score (nSPS) is 13.0. The van der Waals surface area contributed by atoms with Gasteiger partial charge in [-0.3, -0.25) is 33.2 Å². The molecule has 1 saturated heterocycles. The SMILES string of the molecule is C/C=C/S(=O)(=O)Nc1ccc(F)c(C(=O)c2c[nH]c3ncc(-c4ccc(Cl)cc4)cc23)c1F.C/C=C/S(=O)(=O)Nc1ccc(F)c(C(=O)c2cn(C(=O)c3c(Cl)cccc3Cl)c3ncc(-c4ccc(Cl)cc4)cc23)c1F.CC(CS(=O)(=O)Cl)OC(=O)c1ccccc1.CC(CS)OC(=O)c1ccccc1.CC(O)CSC(=O)c1ccccc1.CC1CO1. The zero-order chi connectivity index (χ0) is 89.3. The fraction of sp³-hybridized carbons (Fsp3) is 0.163. The minimum atomic E-state index is -4.14. The Balaban J connectivity index is 0.000000204. The number of esters is 2. The van der Waals surface area contributed by atoms with Crippen LogP contribution in [0.4, 0.5) is 28.9 Å². The van der Waals surface area contributed by atoms with E-state index < -0.39 is 116 Å². The van der Waals surface area contributed by atoms with E-state index in [-0.39, 0.29) is 55.0 Å². The summed E-state index contributed by atoms with van der Waals surface area (Å²) in [6, 6.07) is 51.0. The zero-order valence-corrected chi connectivity index (χ0v) is 73.1. The van der Waals surface area contributed by atoms with E-state index in [0.29, 0.717) is 72.1 Å². The number of aromatic amines is 1. The fourth-order valence-electron chi connectivity index (χ4n) is 10.7. The third kappa shape index (κ3) is 28.3. The molecule has 1 fully saturated rings. The number of fused-ring (bicyclic) bond motifs is 2. The van der Waals surface area contributed by atoms with Gasteiger partial charge in [0.1, 0.15) is 40.9 Å². The molecule has 122 heavy (non-hydrogen) atoms. The largest absolute Gasteiger partial charge is 0.458 e. The van der Waals surface area contributed by atoms with Gasteiger partial charge in [0.05, 0.1) is 73.6 Å². The Morgan fingerprint density at radius 1 is 0.590 bits per heavy atom. The van der Waals surface area contributed by atoms with Gasteiger partial charge in [0.15, 0.2) is 11.6 Å². The lowest BCUT2D eigenvalue weighted by atomic mass is 10.00. The number of sulfonamides is 2. The van der Waals surface area contributed by atoms with Crippen LogP contribution in [0.2, 0.25) is 20.1 Å². The second-order valence-corrected chi connectivity index (χ2v) is 35.2. The second-order valence-electron chi connectivity index (χ2n) is 26.2. The second kappa shape index (κ2) is 45.0. The molecule has 1 aliphatic rings. The lowest BCUT2D eigenvalue weighted by Crippen LogP contribution is -2.21. The predicted molar refractivity (Wildman–Crippen MR) is 474 cm³/mol. The molecular weight excluding hydrogens is 1790 g/mol. The maximum atomic E-state index is 15.6. The van der Waals surface area contributed by atoms with E-state index >= 15 is 13.2 Å². The Labute approximate surface area is 734 Å². The highest BCUT2D eigenvalue weighted by atomic mass is 35.7. The molecule has 638 valence electrons. The number of aliphatic hydroxyl groups is 1. The van der Waals surface area contributed by atoms with Gasteiger partial charge in [-0.25, -0.2) is 62.4 Å². The van der Waals surface area contributed by atoms with Crippen LogP contribution >= 0.6 is 81.5 Å². The van der Waals surface area contributed by atoms with E-state index in [9.17, 15) is 58.4 Å². The number of ether oxygens (including phenoxy) is 3. The summed E-state index contributed by atoms with van der Waals surface area (Å²) in [5.74, 6) is -8.26. The Morgan fingerprint density at radius 2 is 1.02 bits per heavy atom. The van der Waals surface area contributed by atoms with Crippen LogP contribution in [0.15, 0.2) is 242 Å². The van der Waals surface area contributed by atoms with Crippen molar-refractivity contribution in [3.8, 4) is 22.3 Å². The third-order valence-corrected chi connectivity index (χ3v) is 22.8. The van der Waals surface area contributed by atoms with Gasteiger partial charge in [-0.15, -0.1) is 0 Å². The zero-order valence-electron chi connectivity index (χ0n) is 65.1. The van der Waals surface area contributed by atoms with Gasteiger partial charge in [0.25, 0.3) is 26.0 Å². The van der Waals surface area contributed by atoms with E-state index in [1.54, 1.807) is 128 Å². The Hall–Kier alpha value is -10.5. The number of epoxide rings is 1. The third-order valence-electron chi connectivity index (χ3n) is 16.5. The molecule has 1 aliphatic heterocycles. The molecule has 5 heterocycles. The van der Waals surface area contributed by atoms with Crippen molar-refractivity contribution in [3.63, 3.8) is 0 Å². The number of nitrogens with zero attached hydrogens (tertiary/aromatic N) is 3. The van der Waals surface area contributed by atoms with Crippen LogP contribution in [0.5, 0.6) is 0 Å². The summed E-state index contributed by atoms with van der Waals surface area (Å²) >= 11 is 29.6. The topological polar surface area (TPSA) is 327 Å². The molecule has 36 heteroatoms. The van der Waals surface area contributed by atoms with E-state index in [1.165, 1.54) is 63.5 Å². The number of allylic oxidation sites excluding steroid dienone is 2. The summed E-state index contributed by atoms with van der Waals surface area (Å²) in [6.45, 7) is 10.9. The van der Waals surface area contributed by atoms with Crippen LogP contribution in [0.1, 0.15) is 115 Å². The standard InChI is InChI=1S/C30H18Cl3F2N3O4S.C23H16ClF2N3O3S.C10H11ClO4S.2C10H12O2S.C3H6O/c1-2-12-43(41,42)37-24-11-10-23(34)26(27(24)35)28(39)20-15-38(30(40)25-21(32)4-3-5-22(25)33)29-19(20)13-17(14-36-29)16-6-8-18(31)9-7-16;1-2-9-33(31,32)29-19-8-7-18(25)20(21(19)26)22(30)17-12-28-23-16(17)10-14(11-27-23)13-3-5-15(24)6-4-13;1-8(7-16(11,13)14)15-10(12)9-5-3-2-4-6-9;1-8(7-13)12-10(11)9-5-3-2-4-6-9;1-8(11)7-13-10(12)9-5-3-2-4-6-9;1-3-2-4-3/h2-15,37H,1H3;2-12,29H,1H3,(H,27,28);2-6,8H,7H2,1H3;2-6,8,13H,7H2,1H3;2-6,8,11H,7H2,1H3;3H,2H2,1H3/b12-2+;9-2+;;;;. The molecule has 22 nitrogen and oxygen atoms in total. The molecular formula is C86H75Cl5F4N6O16S5. The lowest BCUT2D eigenvalue weighted by molar-refractivity contribution is 0.0374. The highest BCUT2D eigenvalue weighted by Crippen LogP contribution is 2.36. The number of ketones is 2. The molecule has 12 aromatic rings. The van der Waals surface area contributed by atoms with Crippen LogP contribution in [0, 0.1) is 23.3 Å². The quantitative estimate of drug-likeness (QED) is 0.00992. The van der Waals surface area contributed by atoms with Crippen molar-refractivity contribution in [3.05, 3.63) is 330 Å². The molecule has 4 atom stereocenters. The summed E-state index contributed by atoms with van der Waals surface area (Å²) in [5, 5.41) is 12.1. The van der Waals surface area contributed by atoms with Crippen molar-refractivity contribution in [2.24, 2.45) is 0 Å². The number of thiol groups is 1. The van der Waals surface area contributed by atoms with Gasteiger partial charge < -0.3 is 24.3 Å². The van der Waals surface area contributed by atoms with Gasteiger partial charge in [0, 0.05) is 101 Å². The smallest absolute Gasteiger partial charge is 0.338 e. The molecule has 0 saturated carbocycles. The first kappa shape index (κ1) is 96.9. The van der Waals surface area contributed by atoms with Gasteiger partial charge in [-0.2, -0.15) is 12.6 Å². The van der Waals surface area contributed by atoms with Crippen molar-refractivity contribution >= 4 is 179 Å². The number of anilines is 2. The van der Waals surface area contributed by atoms with Crippen molar-refractivity contribution in [1.82, 2.24) is 19.5 Å². The lowest BCUT2D eigenvalue weighted by Gasteiger charge is -2.11. The van der Waals surface area contributed by atoms with Crippen molar-refractivity contribution < 1.29 is 90.9 Å². The summed E-state index contributed by atoms with van der Waals surface area (Å²) < 4.78 is 150. The number of hydrogen-bond acceptors (Lipinski definition) is 20. The number of thioether (sulfide) groups is 1. The Bertz CT molecular complexity index is 6160. The summed E-state index contributed by atoms with van der Waals surface area (Å²) in [4.78, 5) is 86.4. The van der Waals surface area contributed by atoms with Gasteiger partial charge in [0.2, 0.25) is 25.7 Å². The van der Waals surface area contributed by atoms with E-state index in [1.807, 2.05) is 52.8 Å². The number of aromatic nitrogens is 4. The van der Waals surface area contributed by atoms with Crippen LogP contribution in [0.3, 0.4) is 0 Å². The van der Waals surface area contributed by atoms with E-state index in [4.69, 9.17) is 76.4 Å². The van der Waals surface area contributed by atoms with Gasteiger partial charge in [-0.05, 0) is 150 Å². The molecule has 0 bridgehead atoms. The summed E-state index contributed by atoms with van der Waals surface area (Å²) in [5.41, 5.74) is 1.09. The number of halogens is 9. The predicted octanol–water partition coefficient (Wildman–Crippen LogP) is 20.1. The molecule has 4 N–H and O–H groups in total. The number of rotatable bonds is 23. The number of hydrogen-bond donors (Lipinski definition) is 5. The molecule has 0 spiro atoms. The van der Waals surface area contributed by atoms with E-state index in [2.05, 4.69) is 34.5 Å². The summed E-state index contributed by atoms with van der Waals surface area (Å²) in [7, 11) is -6.78. The highest BCUT2D eigenvalue weighted by molar-refractivity contribution is 8.14. The minimum absolute atomic E-state index is 0.0143. The number of H-pyrrole nitrogens is 1. The van der Waals surface area contributed by atoms with Crippen molar-refractivity contribution in [2.45, 2.75) is 66.0 Å². The van der Waals surface area contributed by atoms with Gasteiger partial charge >= 0.3 is 11.9 Å². The highest BCUT2D eigenvalue weighted by Gasteiger charge is 2.31. The summed E-state index contributed by atoms with van der Waals surface area (Å²) in [6.07, 6.45) is 7.13. The number of pyridine rings is 2. The maximum Gasteiger partial charge on any atom is 0.338 e. The number of aliphatic hydroxyl groups excluding tert-OH is 1. The number of carbonyl (C=O) groups excluding carboxylic acids is 6. The van der Waals surface area contributed by atoms with Crippen LogP contribution in [0.25, 0.3) is 44.3 Å². The maximum absolute atomic E-state index is 15.6. The molecule has 8 aromatic carbocycles. The molecule has 0 amide bonds. The van der Waals surface area contributed by atoms with Crippen molar-refractivity contribution in [2.75, 3.05) is 33.3 Å². The van der Waals surface area contributed by atoms with Crippen LogP contribution < -0.4 is 9.44 Å². The first-order valence-corrected chi connectivity index (χ1v) is 45.0. The average molecular weight is 1860 g/mol. The first-order chi connectivity index (χ1) is 57.8. The monoisotopic (exact) mass is 1860 g/mol. The molecule has 13 rings (SSSR count). The molecule has 0 radical (unpaired) electrons.